The monoisotopic (exact) mass is 105 g/mol. The second kappa shape index (κ2) is 4.95. The summed E-state index contributed by atoms with van der Waals surface area (Å²) in [5.74, 6) is 0.851. The second-order valence-corrected chi connectivity index (χ2v) is 1.83. The minimum Gasteiger partial charge on any atom is -0.163 e. The van der Waals surface area contributed by atoms with Crippen molar-refractivity contribution in [2.75, 3.05) is 18.6 Å². The Kier molecular flexibility index (Phi) is 4.91. The molecule has 0 aromatic heterocycles. The molecule has 0 aromatic rings. The Labute approximate surface area is 41.3 Å². The number of hydrogen-bond acceptors (Lipinski definition) is 3. The first kappa shape index (κ1) is 5.95. The maximum atomic E-state index is 9.30. The van der Waals surface area contributed by atoms with Crippen LogP contribution in [0.1, 0.15) is 0 Å². The lowest BCUT2D eigenvalue weighted by Crippen LogP contribution is -1.78. The van der Waals surface area contributed by atoms with Gasteiger partial charge in [-0.2, -0.15) is 16.7 Å². The summed E-state index contributed by atoms with van der Waals surface area (Å²) in [5, 5.41) is 2.65. The van der Waals surface area contributed by atoms with E-state index in [0.717, 1.165) is 5.75 Å². The third kappa shape index (κ3) is 3.95. The fourth-order valence-electron chi connectivity index (χ4n) is 0.129. The topological polar surface area (TPSA) is 29.4 Å². The molecule has 0 N–H and O–H groups in total. The van der Waals surface area contributed by atoms with Gasteiger partial charge in [-0.15, -0.1) is 0 Å². The Bertz CT molecular complexity index is 39.8. The van der Waals surface area contributed by atoms with Crippen molar-refractivity contribution in [2.24, 2.45) is 5.18 Å². The molecule has 0 aliphatic carbocycles. The van der Waals surface area contributed by atoms with Crippen molar-refractivity contribution in [1.29, 1.82) is 0 Å². The van der Waals surface area contributed by atoms with Crippen LogP contribution in [-0.2, 0) is 0 Å². The Morgan fingerprint density at radius 1 is 1.83 bits per heavy atom. The van der Waals surface area contributed by atoms with Gasteiger partial charge in [0.25, 0.3) is 0 Å². The molecule has 0 bridgehead atoms. The maximum absolute atomic E-state index is 9.30. The molecule has 0 rings (SSSR count). The van der Waals surface area contributed by atoms with Crippen LogP contribution in [0.2, 0.25) is 0 Å². The zero-order chi connectivity index (χ0) is 4.83. The predicted molar refractivity (Wildman–Crippen MR) is 29.0 cm³/mol. The number of thioether (sulfide) groups is 1. The molecule has 2 nitrogen and oxygen atoms in total. The summed E-state index contributed by atoms with van der Waals surface area (Å²) in [6.45, 7) is 0.446. The molecular weight excluding hydrogens is 98.1 g/mol. The largest absolute Gasteiger partial charge is 0.163 e. The molecular formula is C3H7NOS. The van der Waals surface area contributed by atoms with Crippen LogP contribution >= 0.6 is 11.8 Å². The maximum Gasteiger partial charge on any atom is 0.0901 e. The molecule has 6 heavy (non-hydrogen) atoms. The SMILES string of the molecule is CSCCN=O. The second-order valence-electron chi connectivity index (χ2n) is 0.846. The fourth-order valence-corrected chi connectivity index (χ4v) is 0.386. The zero-order valence-electron chi connectivity index (χ0n) is 3.68. The summed E-state index contributed by atoms with van der Waals surface area (Å²) in [6.07, 6.45) is 1.95. The van der Waals surface area contributed by atoms with Crippen molar-refractivity contribution in [1.82, 2.24) is 0 Å². The molecule has 0 spiro atoms. The summed E-state index contributed by atoms with van der Waals surface area (Å²) < 4.78 is 0. The van der Waals surface area contributed by atoms with Crippen LogP contribution in [0.5, 0.6) is 0 Å². The predicted octanol–water partition coefficient (Wildman–Crippen LogP) is 1.12. The molecule has 36 valence electrons. The van der Waals surface area contributed by atoms with Gasteiger partial charge in [0.2, 0.25) is 0 Å². The highest BCUT2D eigenvalue weighted by Crippen LogP contribution is 1.87. The van der Waals surface area contributed by atoms with Crippen LogP contribution in [-0.4, -0.2) is 18.6 Å². The molecule has 3 heteroatoms. The van der Waals surface area contributed by atoms with E-state index in [-0.39, 0.29) is 0 Å². The number of hydrogen-bond donors (Lipinski definition) is 0. The first-order chi connectivity index (χ1) is 2.91. The third-order valence-corrected chi connectivity index (χ3v) is 0.978. The highest BCUT2D eigenvalue weighted by atomic mass is 32.2. The van der Waals surface area contributed by atoms with E-state index < -0.39 is 0 Å². The molecule has 0 aromatic carbocycles. The standard InChI is InChI=1S/C3H7NOS/c1-6-3-2-4-5/h2-3H2,1H3. The summed E-state index contributed by atoms with van der Waals surface area (Å²) in [5.41, 5.74) is 0. The van der Waals surface area contributed by atoms with E-state index >= 15 is 0 Å². The molecule has 0 heterocycles. The van der Waals surface area contributed by atoms with Crippen LogP contribution in [0.15, 0.2) is 5.18 Å². The summed E-state index contributed by atoms with van der Waals surface area (Å²) in [7, 11) is 0. The minimum absolute atomic E-state index is 0.446. The zero-order valence-corrected chi connectivity index (χ0v) is 4.49. The van der Waals surface area contributed by atoms with Gasteiger partial charge in [0, 0.05) is 5.75 Å². The van der Waals surface area contributed by atoms with Crippen LogP contribution < -0.4 is 0 Å². The van der Waals surface area contributed by atoms with E-state index in [1.165, 1.54) is 0 Å². The molecule has 0 aliphatic rings. The van der Waals surface area contributed by atoms with E-state index in [0.29, 0.717) is 6.54 Å². The van der Waals surface area contributed by atoms with Crippen molar-refractivity contribution in [3.05, 3.63) is 4.91 Å². The first-order valence-corrected chi connectivity index (χ1v) is 3.09. The highest BCUT2D eigenvalue weighted by molar-refractivity contribution is 7.98. The molecule has 0 saturated carbocycles. The van der Waals surface area contributed by atoms with Gasteiger partial charge in [0.1, 0.15) is 0 Å². The molecule has 0 radical (unpaired) electrons. The Balaban J connectivity index is 2.49. The Morgan fingerprint density at radius 3 is 2.67 bits per heavy atom. The average molecular weight is 105 g/mol. The van der Waals surface area contributed by atoms with Crippen molar-refractivity contribution in [3.8, 4) is 0 Å². The van der Waals surface area contributed by atoms with E-state index in [2.05, 4.69) is 5.18 Å². The van der Waals surface area contributed by atoms with Gasteiger partial charge < -0.3 is 0 Å². The highest BCUT2D eigenvalue weighted by Gasteiger charge is 1.75. The summed E-state index contributed by atoms with van der Waals surface area (Å²) >= 11 is 1.63. The molecule has 0 unspecified atom stereocenters. The molecule has 0 amide bonds. The normalized spacial score (nSPS) is 8.17. The first-order valence-electron chi connectivity index (χ1n) is 1.70. The van der Waals surface area contributed by atoms with Crippen LogP contribution in [0, 0.1) is 4.91 Å². The molecule has 0 aliphatic heterocycles. The van der Waals surface area contributed by atoms with E-state index in [4.69, 9.17) is 0 Å². The van der Waals surface area contributed by atoms with E-state index in [1.54, 1.807) is 11.8 Å². The van der Waals surface area contributed by atoms with Crippen LogP contribution in [0.25, 0.3) is 0 Å². The van der Waals surface area contributed by atoms with E-state index in [1.807, 2.05) is 6.26 Å². The van der Waals surface area contributed by atoms with Crippen molar-refractivity contribution < 1.29 is 0 Å². The lowest BCUT2D eigenvalue weighted by molar-refractivity contribution is 1.13. The van der Waals surface area contributed by atoms with Gasteiger partial charge in [-0.25, -0.2) is 0 Å². The lowest BCUT2D eigenvalue weighted by Gasteiger charge is -1.79. The number of nitroso groups, excluding NO2 is 1. The summed E-state index contributed by atoms with van der Waals surface area (Å²) in [4.78, 5) is 9.30. The van der Waals surface area contributed by atoms with Crippen LogP contribution in [0.4, 0.5) is 0 Å². The van der Waals surface area contributed by atoms with Gasteiger partial charge >= 0.3 is 0 Å². The van der Waals surface area contributed by atoms with Crippen molar-refractivity contribution in [3.63, 3.8) is 0 Å². The quantitative estimate of drug-likeness (QED) is 0.397. The fraction of sp³-hybridized carbons (Fsp3) is 1.00. The van der Waals surface area contributed by atoms with Gasteiger partial charge in [0.15, 0.2) is 0 Å². The van der Waals surface area contributed by atoms with Crippen molar-refractivity contribution in [2.45, 2.75) is 0 Å². The molecule has 0 fully saturated rings. The average Bonchev–Trinajstić information content (AvgIpc) is 1.61. The summed E-state index contributed by atoms with van der Waals surface area (Å²) in [6, 6.07) is 0. The lowest BCUT2D eigenvalue weighted by atomic mass is 10.8. The van der Waals surface area contributed by atoms with Gasteiger partial charge in [-0.1, -0.05) is 5.18 Å². The smallest absolute Gasteiger partial charge is 0.0901 e. The Morgan fingerprint density at radius 2 is 2.50 bits per heavy atom. The van der Waals surface area contributed by atoms with E-state index in [9.17, 15) is 4.91 Å². The van der Waals surface area contributed by atoms with Gasteiger partial charge in [-0.05, 0) is 6.26 Å². The van der Waals surface area contributed by atoms with Crippen LogP contribution in [0.3, 0.4) is 0 Å². The van der Waals surface area contributed by atoms with Crippen molar-refractivity contribution >= 4 is 11.8 Å². The third-order valence-electron chi connectivity index (χ3n) is 0.387. The Hall–Kier alpha value is -0.0500. The van der Waals surface area contributed by atoms with Gasteiger partial charge in [-0.3, -0.25) is 0 Å². The van der Waals surface area contributed by atoms with Gasteiger partial charge in [0.05, 0.1) is 6.54 Å². The minimum atomic E-state index is 0.446. The molecule has 0 atom stereocenters. The number of rotatable bonds is 3. The molecule has 0 saturated heterocycles. The number of nitrogens with zero attached hydrogens (tertiary/aromatic N) is 1.